The maximum atomic E-state index is 13.2. The van der Waals surface area contributed by atoms with Gasteiger partial charge in [-0.1, -0.05) is 12.1 Å². The summed E-state index contributed by atoms with van der Waals surface area (Å²) in [5, 5.41) is 2.88. The van der Waals surface area contributed by atoms with Crippen molar-refractivity contribution in [3.05, 3.63) is 77.6 Å². The predicted octanol–water partition coefficient (Wildman–Crippen LogP) is 5.64. The summed E-state index contributed by atoms with van der Waals surface area (Å²) in [4.78, 5) is 14.9. The van der Waals surface area contributed by atoms with E-state index in [4.69, 9.17) is 14.2 Å². The third-order valence-corrected chi connectivity index (χ3v) is 5.60. The van der Waals surface area contributed by atoms with Gasteiger partial charge in [-0.05, 0) is 48.4 Å². The smallest absolute Gasteiger partial charge is 0.416 e. The lowest BCUT2D eigenvalue weighted by molar-refractivity contribution is -0.137. The highest BCUT2D eigenvalue weighted by Crippen LogP contribution is 2.30. The van der Waals surface area contributed by atoms with Gasteiger partial charge in [-0.2, -0.15) is 13.2 Å². The zero-order chi connectivity index (χ0) is 26.1. The average molecular weight is 506 g/mol. The second-order valence-electron chi connectivity index (χ2n) is 8.09. The summed E-state index contributed by atoms with van der Waals surface area (Å²) < 4.78 is 56.9. The van der Waals surface area contributed by atoms with Crippen LogP contribution in [0.2, 0.25) is 0 Å². The molecule has 0 saturated carbocycles. The largest absolute Gasteiger partial charge is 0.497 e. The molecular formula is C26H30F3N3O4. The van der Waals surface area contributed by atoms with Gasteiger partial charge in [0.2, 0.25) is 0 Å². The minimum Gasteiger partial charge on any atom is -0.497 e. The topological polar surface area (TPSA) is 65.0 Å². The Bertz CT molecular complexity index is 1150. The van der Waals surface area contributed by atoms with Gasteiger partial charge in [0.05, 0.1) is 32.0 Å². The van der Waals surface area contributed by atoms with Crippen LogP contribution in [0, 0.1) is 0 Å². The third-order valence-electron chi connectivity index (χ3n) is 5.60. The van der Waals surface area contributed by atoms with Crippen LogP contribution in [0.4, 0.5) is 23.7 Å². The van der Waals surface area contributed by atoms with E-state index in [2.05, 4.69) is 5.32 Å². The molecule has 0 fully saturated rings. The average Bonchev–Trinajstić information content (AvgIpc) is 3.29. The first kappa shape index (κ1) is 26.9. The van der Waals surface area contributed by atoms with Crippen molar-refractivity contribution in [3.63, 3.8) is 0 Å². The van der Waals surface area contributed by atoms with E-state index in [0.717, 1.165) is 17.8 Å². The van der Waals surface area contributed by atoms with Crippen LogP contribution in [0.5, 0.6) is 11.5 Å². The molecule has 36 heavy (non-hydrogen) atoms. The van der Waals surface area contributed by atoms with Crippen molar-refractivity contribution in [2.45, 2.75) is 25.7 Å². The molecule has 194 valence electrons. The van der Waals surface area contributed by atoms with Gasteiger partial charge in [0.25, 0.3) is 0 Å². The van der Waals surface area contributed by atoms with E-state index in [1.54, 1.807) is 55.6 Å². The van der Waals surface area contributed by atoms with Crippen LogP contribution in [-0.2, 0) is 24.0 Å². The molecule has 0 aliphatic carbocycles. The van der Waals surface area contributed by atoms with Crippen molar-refractivity contribution < 1.29 is 32.2 Å². The second-order valence-corrected chi connectivity index (χ2v) is 8.09. The highest BCUT2D eigenvalue weighted by molar-refractivity contribution is 5.91. The fourth-order valence-electron chi connectivity index (χ4n) is 3.73. The van der Waals surface area contributed by atoms with Crippen LogP contribution in [0.25, 0.3) is 0 Å². The number of carbonyl (C=O) groups is 1. The summed E-state index contributed by atoms with van der Waals surface area (Å²) in [6, 6.07) is 13.6. The number of methoxy groups -OCH3 is 3. The summed E-state index contributed by atoms with van der Waals surface area (Å²) in [6.07, 6.45) is -2.01. The molecule has 0 radical (unpaired) electrons. The number of hydrogen-bond acceptors (Lipinski definition) is 4. The molecule has 0 spiro atoms. The van der Waals surface area contributed by atoms with Crippen molar-refractivity contribution in [1.82, 2.24) is 9.47 Å². The standard InChI is InChI=1S/C26H30F3N3O4/c1-34-14-6-13-32(25(33)30-23-11-10-22(35-2)16-24(23)36-3)18-21-9-5-12-31(21)17-19-7-4-8-20(15-19)26(27,28)29/h4-5,7-12,15-16H,6,13-14,17-18H2,1-3H3,(H,30,33). The number of benzene rings is 2. The van der Waals surface area contributed by atoms with Gasteiger partial charge in [-0.3, -0.25) is 0 Å². The number of ether oxygens (including phenoxy) is 3. The Hall–Kier alpha value is -3.66. The fraction of sp³-hybridized carbons (Fsp3) is 0.346. The number of nitrogens with zero attached hydrogens (tertiary/aromatic N) is 2. The normalized spacial score (nSPS) is 11.3. The van der Waals surface area contributed by atoms with Gasteiger partial charge in [0, 0.05) is 44.8 Å². The van der Waals surface area contributed by atoms with E-state index < -0.39 is 11.7 Å². The Morgan fingerprint density at radius 2 is 1.83 bits per heavy atom. The zero-order valence-corrected chi connectivity index (χ0v) is 20.5. The molecule has 0 aliphatic rings. The molecule has 0 unspecified atom stereocenters. The van der Waals surface area contributed by atoms with Crippen LogP contribution in [-0.4, -0.2) is 50.0 Å². The molecule has 7 nitrogen and oxygen atoms in total. The Morgan fingerprint density at radius 1 is 1.03 bits per heavy atom. The van der Waals surface area contributed by atoms with E-state index >= 15 is 0 Å². The second kappa shape index (κ2) is 12.3. The summed E-state index contributed by atoms with van der Waals surface area (Å²) in [6.45, 7) is 1.37. The Balaban J connectivity index is 1.78. The molecule has 0 saturated heterocycles. The molecule has 1 heterocycles. The molecule has 10 heteroatoms. The molecule has 1 N–H and O–H groups in total. The number of hydrogen-bond donors (Lipinski definition) is 1. The van der Waals surface area contributed by atoms with Gasteiger partial charge in [-0.15, -0.1) is 0 Å². The first-order valence-corrected chi connectivity index (χ1v) is 11.3. The number of aromatic nitrogens is 1. The molecule has 0 aliphatic heterocycles. The molecule has 2 amide bonds. The summed E-state index contributed by atoms with van der Waals surface area (Å²) in [7, 11) is 4.63. The monoisotopic (exact) mass is 505 g/mol. The summed E-state index contributed by atoms with van der Waals surface area (Å²) in [5.74, 6) is 1.04. The highest BCUT2D eigenvalue weighted by Gasteiger charge is 2.30. The van der Waals surface area contributed by atoms with E-state index in [-0.39, 0.29) is 19.1 Å². The number of urea groups is 1. The minimum absolute atomic E-state index is 0.242. The van der Waals surface area contributed by atoms with Crippen LogP contribution < -0.4 is 14.8 Å². The van der Waals surface area contributed by atoms with Crippen molar-refractivity contribution in [1.29, 1.82) is 0 Å². The molecule has 1 aromatic heterocycles. The molecule has 0 bridgehead atoms. The Morgan fingerprint density at radius 3 is 2.53 bits per heavy atom. The lowest BCUT2D eigenvalue weighted by atomic mass is 10.1. The molecular weight excluding hydrogens is 475 g/mol. The van der Waals surface area contributed by atoms with Crippen molar-refractivity contribution >= 4 is 11.7 Å². The van der Waals surface area contributed by atoms with E-state index in [9.17, 15) is 18.0 Å². The quantitative estimate of drug-likeness (QED) is 0.343. The predicted molar refractivity (Wildman–Crippen MR) is 130 cm³/mol. The number of carbonyl (C=O) groups excluding carboxylic acids is 1. The van der Waals surface area contributed by atoms with E-state index in [0.29, 0.717) is 42.3 Å². The van der Waals surface area contributed by atoms with Gasteiger partial charge < -0.3 is 29.0 Å². The van der Waals surface area contributed by atoms with E-state index in [1.807, 2.05) is 10.6 Å². The van der Waals surface area contributed by atoms with Gasteiger partial charge in [0.1, 0.15) is 11.5 Å². The van der Waals surface area contributed by atoms with Crippen LogP contribution in [0.15, 0.2) is 60.8 Å². The number of amides is 2. The Labute approximate surface area is 208 Å². The molecule has 3 rings (SSSR count). The number of alkyl halides is 3. The van der Waals surface area contributed by atoms with Crippen molar-refractivity contribution in [2.24, 2.45) is 0 Å². The van der Waals surface area contributed by atoms with Gasteiger partial charge in [-0.25, -0.2) is 4.79 Å². The number of halogens is 3. The maximum Gasteiger partial charge on any atom is 0.416 e. The Kier molecular flexibility index (Phi) is 9.24. The van der Waals surface area contributed by atoms with Crippen LogP contribution in [0.1, 0.15) is 23.2 Å². The number of anilines is 1. The molecule has 2 aromatic carbocycles. The first-order chi connectivity index (χ1) is 17.2. The minimum atomic E-state index is -4.41. The van der Waals surface area contributed by atoms with Crippen molar-refractivity contribution in [3.8, 4) is 11.5 Å². The fourth-order valence-corrected chi connectivity index (χ4v) is 3.73. The van der Waals surface area contributed by atoms with Gasteiger partial charge in [0.15, 0.2) is 0 Å². The van der Waals surface area contributed by atoms with Crippen LogP contribution >= 0.6 is 0 Å². The molecule has 0 atom stereocenters. The van der Waals surface area contributed by atoms with E-state index in [1.165, 1.54) is 13.2 Å². The SMILES string of the molecule is COCCCN(Cc1cccn1Cc1cccc(C(F)(F)F)c1)C(=O)Nc1ccc(OC)cc1OC. The molecule has 3 aromatic rings. The van der Waals surface area contributed by atoms with Crippen molar-refractivity contribution in [2.75, 3.05) is 39.8 Å². The summed E-state index contributed by atoms with van der Waals surface area (Å²) in [5.41, 5.74) is 1.09. The van der Waals surface area contributed by atoms with Crippen LogP contribution in [0.3, 0.4) is 0 Å². The highest BCUT2D eigenvalue weighted by atomic mass is 19.4. The zero-order valence-electron chi connectivity index (χ0n) is 20.5. The third kappa shape index (κ3) is 7.17. The maximum absolute atomic E-state index is 13.2. The van der Waals surface area contributed by atoms with Gasteiger partial charge >= 0.3 is 12.2 Å². The number of rotatable bonds is 11. The lowest BCUT2D eigenvalue weighted by Gasteiger charge is -2.24. The lowest BCUT2D eigenvalue weighted by Crippen LogP contribution is -2.36. The number of nitrogens with one attached hydrogen (secondary N) is 1. The summed E-state index contributed by atoms with van der Waals surface area (Å²) >= 11 is 0. The first-order valence-electron chi connectivity index (χ1n) is 11.3.